The first-order valence-corrected chi connectivity index (χ1v) is 5.46. The smallest absolute Gasteiger partial charge is 0.130 e. The number of aromatic nitrogens is 4. The summed E-state index contributed by atoms with van der Waals surface area (Å²) in [4.78, 5) is 0. The van der Waals surface area contributed by atoms with E-state index >= 15 is 0 Å². The van der Waals surface area contributed by atoms with Gasteiger partial charge in [0.1, 0.15) is 5.00 Å². The first kappa shape index (κ1) is 10.1. The normalized spacial score (nSPS) is 10.6. The van der Waals surface area contributed by atoms with Crippen LogP contribution < -0.4 is 5.32 Å². The van der Waals surface area contributed by atoms with Crippen LogP contribution in [0.5, 0.6) is 0 Å². The van der Waals surface area contributed by atoms with Crippen molar-refractivity contribution in [2.24, 2.45) is 7.05 Å². The molecular formula is C9H13N5S. The van der Waals surface area contributed by atoms with Gasteiger partial charge in [-0.3, -0.25) is 4.68 Å². The summed E-state index contributed by atoms with van der Waals surface area (Å²) in [5.41, 5.74) is 3.50. The van der Waals surface area contributed by atoms with E-state index in [4.69, 9.17) is 0 Å². The number of nitrogens with zero attached hydrogens (tertiary/aromatic N) is 4. The molecule has 0 spiro atoms. The van der Waals surface area contributed by atoms with Gasteiger partial charge in [0.2, 0.25) is 0 Å². The van der Waals surface area contributed by atoms with Crippen LogP contribution in [0.25, 0.3) is 0 Å². The maximum atomic E-state index is 4.36. The molecule has 0 radical (unpaired) electrons. The Kier molecular flexibility index (Phi) is 2.68. The first-order valence-electron chi connectivity index (χ1n) is 4.69. The minimum Gasteiger partial charge on any atom is -0.370 e. The van der Waals surface area contributed by atoms with Crippen molar-refractivity contribution in [1.82, 2.24) is 19.4 Å². The molecule has 0 saturated carbocycles. The molecule has 1 N–H and O–H groups in total. The maximum Gasteiger partial charge on any atom is 0.130 e. The predicted octanol–water partition coefficient (Wildman–Crippen LogP) is 1.50. The highest BCUT2D eigenvalue weighted by Gasteiger charge is 2.08. The second-order valence-electron chi connectivity index (χ2n) is 3.41. The van der Waals surface area contributed by atoms with Crippen molar-refractivity contribution < 1.29 is 0 Å². The molecule has 0 unspecified atom stereocenters. The highest BCUT2D eigenvalue weighted by molar-refractivity contribution is 7.09. The van der Waals surface area contributed by atoms with Gasteiger partial charge in [-0.25, -0.2) is 0 Å². The number of hydrogen-bond donors (Lipinski definition) is 1. The van der Waals surface area contributed by atoms with Gasteiger partial charge >= 0.3 is 0 Å². The fourth-order valence-electron chi connectivity index (χ4n) is 1.49. The highest BCUT2D eigenvalue weighted by atomic mass is 32.1. The van der Waals surface area contributed by atoms with Gasteiger partial charge in [0.05, 0.1) is 11.9 Å². The lowest BCUT2D eigenvalue weighted by Crippen LogP contribution is -2.00. The minimum atomic E-state index is 0.773. The molecule has 2 rings (SSSR count). The summed E-state index contributed by atoms with van der Waals surface area (Å²) in [6.45, 7) is 4.87. The molecule has 0 aromatic carbocycles. The molecule has 15 heavy (non-hydrogen) atoms. The van der Waals surface area contributed by atoms with Crippen molar-refractivity contribution in [3.8, 4) is 0 Å². The Morgan fingerprint density at radius 2 is 2.27 bits per heavy atom. The third-order valence-corrected chi connectivity index (χ3v) is 3.08. The topological polar surface area (TPSA) is 55.6 Å². The van der Waals surface area contributed by atoms with Crippen LogP contribution in [0.4, 0.5) is 5.00 Å². The van der Waals surface area contributed by atoms with Crippen LogP contribution in [0.15, 0.2) is 6.20 Å². The fraction of sp³-hybridized carbons (Fsp3) is 0.444. The number of anilines is 1. The molecule has 0 fully saturated rings. The molecule has 0 aliphatic carbocycles. The Labute approximate surface area is 92.3 Å². The van der Waals surface area contributed by atoms with Crippen LogP contribution in [0, 0.1) is 13.8 Å². The zero-order valence-electron chi connectivity index (χ0n) is 8.98. The summed E-state index contributed by atoms with van der Waals surface area (Å²) < 4.78 is 5.69. The standard InChI is InChI=1S/C9H13N5S/c1-6-8(7(2)14(3)12-6)4-10-9-5-11-13-15-9/h5,10H,4H2,1-3H3. The van der Waals surface area contributed by atoms with Gasteiger partial charge in [0.25, 0.3) is 0 Å². The summed E-state index contributed by atoms with van der Waals surface area (Å²) >= 11 is 1.36. The lowest BCUT2D eigenvalue weighted by molar-refractivity contribution is 0.730. The van der Waals surface area contributed by atoms with Gasteiger partial charge in [-0.1, -0.05) is 4.49 Å². The predicted molar refractivity (Wildman–Crippen MR) is 59.9 cm³/mol. The number of rotatable bonds is 3. The van der Waals surface area contributed by atoms with Gasteiger partial charge in [-0.05, 0) is 13.8 Å². The van der Waals surface area contributed by atoms with E-state index in [0.717, 1.165) is 17.2 Å². The van der Waals surface area contributed by atoms with Crippen molar-refractivity contribution in [3.63, 3.8) is 0 Å². The highest BCUT2D eigenvalue weighted by Crippen LogP contribution is 2.15. The summed E-state index contributed by atoms with van der Waals surface area (Å²) in [6, 6.07) is 0. The van der Waals surface area contributed by atoms with E-state index in [1.165, 1.54) is 22.8 Å². The Morgan fingerprint density at radius 3 is 2.80 bits per heavy atom. The van der Waals surface area contributed by atoms with Gasteiger partial charge < -0.3 is 5.32 Å². The summed E-state index contributed by atoms with van der Waals surface area (Å²) in [5, 5.41) is 12.4. The lowest BCUT2D eigenvalue weighted by atomic mass is 10.2. The van der Waals surface area contributed by atoms with Crippen LogP contribution >= 0.6 is 11.5 Å². The quantitative estimate of drug-likeness (QED) is 0.856. The van der Waals surface area contributed by atoms with Crippen LogP contribution in [0.2, 0.25) is 0 Å². The van der Waals surface area contributed by atoms with E-state index in [1.807, 2.05) is 18.7 Å². The second kappa shape index (κ2) is 3.98. The lowest BCUT2D eigenvalue weighted by Gasteiger charge is -2.02. The minimum absolute atomic E-state index is 0.773. The fourth-order valence-corrected chi connectivity index (χ4v) is 1.91. The Morgan fingerprint density at radius 1 is 1.47 bits per heavy atom. The third-order valence-electron chi connectivity index (χ3n) is 2.46. The van der Waals surface area contributed by atoms with Crippen LogP contribution in [-0.2, 0) is 13.6 Å². The average Bonchev–Trinajstić information content (AvgIpc) is 2.76. The zero-order chi connectivity index (χ0) is 10.8. The SMILES string of the molecule is Cc1nn(C)c(C)c1CNc1cnns1. The largest absolute Gasteiger partial charge is 0.370 e. The van der Waals surface area contributed by atoms with E-state index in [-0.39, 0.29) is 0 Å². The van der Waals surface area contributed by atoms with Gasteiger partial charge in [-0.15, -0.1) is 5.10 Å². The molecule has 0 aliphatic rings. The average molecular weight is 223 g/mol. The molecule has 80 valence electrons. The number of hydrogen-bond acceptors (Lipinski definition) is 5. The van der Waals surface area contributed by atoms with E-state index in [9.17, 15) is 0 Å². The molecule has 0 bridgehead atoms. The summed E-state index contributed by atoms with van der Waals surface area (Å²) in [5.74, 6) is 0. The van der Waals surface area contributed by atoms with Gasteiger partial charge in [0, 0.05) is 36.4 Å². The summed E-state index contributed by atoms with van der Waals surface area (Å²) in [6.07, 6.45) is 1.73. The molecule has 0 aliphatic heterocycles. The van der Waals surface area contributed by atoms with E-state index < -0.39 is 0 Å². The Balaban J connectivity index is 2.11. The Hall–Kier alpha value is -1.43. The van der Waals surface area contributed by atoms with Crippen molar-refractivity contribution in [2.45, 2.75) is 20.4 Å². The Bertz CT molecular complexity index is 445. The first-order chi connectivity index (χ1) is 7.18. The van der Waals surface area contributed by atoms with Gasteiger partial charge in [-0.2, -0.15) is 5.10 Å². The van der Waals surface area contributed by atoms with Crippen molar-refractivity contribution >= 4 is 16.5 Å². The maximum absolute atomic E-state index is 4.36. The zero-order valence-corrected chi connectivity index (χ0v) is 9.80. The monoisotopic (exact) mass is 223 g/mol. The van der Waals surface area contributed by atoms with Crippen LogP contribution in [0.3, 0.4) is 0 Å². The molecular weight excluding hydrogens is 210 g/mol. The van der Waals surface area contributed by atoms with Crippen molar-refractivity contribution in [1.29, 1.82) is 0 Å². The van der Waals surface area contributed by atoms with Crippen LogP contribution in [-0.4, -0.2) is 19.4 Å². The molecule has 2 aromatic heterocycles. The van der Waals surface area contributed by atoms with E-state index in [0.29, 0.717) is 0 Å². The second-order valence-corrected chi connectivity index (χ2v) is 4.19. The van der Waals surface area contributed by atoms with Crippen molar-refractivity contribution in [3.05, 3.63) is 23.1 Å². The van der Waals surface area contributed by atoms with Gasteiger partial charge in [0.15, 0.2) is 0 Å². The number of nitrogens with one attached hydrogen (secondary N) is 1. The molecule has 6 heteroatoms. The van der Waals surface area contributed by atoms with E-state index in [2.05, 4.69) is 26.9 Å². The molecule has 0 amide bonds. The molecule has 0 atom stereocenters. The summed E-state index contributed by atoms with van der Waals surface area (Å²) in [7, 11) is 1.96. The van der Waals surface area contributed by atoms with Crippen molar-refractivity contribution in [2.75, 3.05) is 5.32 Å². The van der Waals surface area contributed by atoms with E-state index in [1.54, 1.807) is 6.20 Å². The molecule has 2 aromatic rings. The molecule has 5 nitrogen and oxygen atoms in total. The molecule has 0 saturated heterocycles. The third kappa shape index (κ3) is 1.99. The number of aryl methyl sites for hydroxylation is 2. The van der Waals surface area contributed by atoms with Crippen LogP contribution in [0.1, 0.15) is 17.0 Å². The molecule has 2 heterocycles.